The number of nitrogens with one attached hydrogen (secondary N) is 2. The Morgan fingerprint density at radius 2 is 1.56 bits per heavy atom. The number of carbonyl (C=O) groups is 3. The standard InChI is InChI=1S/C25H28N2O5/c1-3-25(4-2,23(30)26-15-9-14-22(28)29)27-24(31)32-16-21-19-12-7-5-10-17(19)18-11-6-8-13-20(18)21/h5-14,21H,3-4,15-16H2,1-2H3,(H,26,30)(H,27,31)(H,28,29)/b14-9+. The largest absolute Gasteiger partial charge is 0.478 e. The number of carboxylic acids is 1. The molecule has 0 saturated heterocycles. The van der Waals surface area contributed by atoms with Crippen LogP contribution in [-0.2, 0) is 14.3 Å². The molecule has 2 aromatic carbocycles. The van der Waals surface area contributed by atoms with Gasteiger partial charge in [0.15, 0.2) is 0 Å². The molecular weight excluding hydrogens is 408 g/mol. The maximum Gasteiger partial charge on any atom is 0.408 e. The highest BCUT2D eigenvalue weighted by atomic mass is 16.5. The Morgan fingerprint density at radius 3 is 2.09 bits per heavy atom. The van der Waals surface area contributed by atoms with E-state index in [4.69, 9.17) is 9.84 Å². The Bertz CT molecular complexity index is 981. The zero-order valence-electron chi connectivity index (χ0n) is 18.3. The number of hydrogen-bond acceptors (Lipinski definition) is 4. The summed E-state index contributed by atoms with van der Waals surface area (Å²) in [6, 6.07) is 16.1. The van der Waals surface area contributed by atoms with Crippen molar-refractivity contribution >= 4 is 18.0 Å². The summed E-state index contributed by atoms with van der Waals surface area (Å²) < 4.78 is 5.58. The van der Waals surface area contributed by atoms with Crippen molar-refractivity contribution < 1.29 is 24.2 Å². The molecule has 168 valence electrons. The fraction of sp³-hybridized carbons (Fsp3) is 0.320. The SMILES string of the molecule is CCC(CC)(NC(=O)OCC1c2ccccc2-c2ccccc21)C(=O)NC/C=C/C(=O)O. The fourth-order valence-corrected chi connectivity index (χ4v) is 4.12. The average molecular weight is 437 g/mol. The molecule has 0 atom stereocenters. The molecule has 0 aliphatic heterocycles. The number of carboxylic acid groups (broad SMARTS) is 1. The van der Waals surface area contributed by atoms with Gasteiger partial charge in [0.1, 0.15) is 12.1 Å². The molecule has 0 bridgehead atoms. The fourth-order valence-electron chi connectivity index (χ4n) is 4.12. The number of hydrogen-bond donors (Lipinski definition) is 3. The molecule has 0 radical (unpaired) electrons. The highest BCUT2D eigenvalue weighted by Crippen LogP contribution is 2.44. The first-order valence-corrected chi connectivity index (χ1v) is 10.7. The van der Waals surface area contributed by atoms with Crippen LogP contribution in [0.1, 0.15) is 43.7 Å². The lowest BCUT2D eigenvalue weighted by atomic mass is 9.92. The summed E-state index contributed by atoms with van der Waals surface area (Å²) in [5.74, 6) is -1.54. The highest BCUT2D eigenvalue weighted by molar-refractivity contribution is 5.90. The molecule has 0 fully saturated rings. The van der Waals surface area contributed by atoms with Gasteiger partial charge in [-0.25, -0.2) is 9.59 Å². The van der Waals surface area contributed by atoms with E-state index in [0.717, 1.165) is 28.3 Å². The molecule has 7 nitrogen and oxygen atoms in total. The van der Waals surface area contributed by atoms with Crippen molar-refractivity contribution in [3.05, 3.63) is 71.8 Å². The average Bonchev–Trinajstić information content (AvgIpc) is 3.12. The van der Waals surface area contributed by atoms with Crippen molar-refractivity contribution in [2.24, 2.45) is 0 Å². The van der Waals surface area contributed by atoms with Crippen molar-refractivity contribution in [2.45, 2.75) is 38.1 Å². The zero-order valence-corrected chi connectivity index (χ0v) is 18.3. The van der Waals surface area contributed by atoms with Crippen molar-refractivity contribution in [2.75, 3.05) is 13.2 Å². The van der Waals surface area contributed by atoms with Gasteiger partial charge < -0.3 is 20.5 Å². The first-order valence-electron chi connectivity index (χ1n) is 10.7. The summed E-state index contributed by atoms with van der Waals surface area (Å²) in [4.78, 5) is 36.0. The predicted molar refractivity (Wildman–Crippen MR) is 121 cm³/mol. The maximum absolute atomic E-state index is 12.7. The third-order valence-corrected chi connectivity index (χ3v) is 5.97. The number of aliphatic carboxylic acids is 1. The van der Waals surface area contributed by atoms with E-state index in [2.05, 4.69) is 22.8 Å². The first kappa shape index (κ1) is 23.1. The summed E-state index contributed by atoms with van der Waals surface area (Å²) in [5.41, 5.74) is 3.37. The number of benzene rings is 2. The minimum atomic E-state index is -1.14. The van der Waals surface area contributed by atoms with Gasteiger partial charge in [-0.05, 0) is 35.1 Å². The Labute approximate surface area is 187 Å². The third-order valence-electron chi connectivity index (χ3n) is 5.97. The van der Waals surface area contributed by atoms with Gasteiger partial charge >= 0.3 is 12.1 Å². The van der Waals surface area contributed by atoms with Gasteiger partial charge in [0.25, 0.3) is 0 Å². The molecule has 3 N–H and O–H groups in total. The van der Waals surface area contributed by atoms with Gasteiger partial charge in [-0.2, -0.15) is 0 Å². The van der Waals surface area contributed by atoms with E-state index in [0.29, 0.717) is 12.8 Å². The van der Waals surface area contributed by atoms with Crippen molar-refractivity contribution in [1.29, 1.82) is 0 Å². The second-order valence-corrected chi connectivity index (χ2v) is 7.69. The lowest BCUT2D eigenvalue weighted by Crippen LogP contribution is -2.58. The van der Waals surface area contributed by atoms with Crippen molar-refractivity contribution in [1.82, 2.24) is 10.6 Å². The van der Waals surface area contributed by atoms with E-state index in [1.165, 1.54) is 6.08 Å². The van der Waals surface area contributed by atoms with Crippen LogP contribution >= 0.6 is 0 Å². The van der Waals surface area contributed by atoms with Crippen LogP contribution < -0.4 is 10.6 Å². The summed E-state index contributed by atoms with van der Waals surface area (Å²) in [7, 11) is 0. The molecule has 1 aliphatic rings. The van der Waals surface area contributed by atoms with Crippen molar-refractivity contribution in [3.8, 4) is 11.1 Å². The normalized spacial score (nSPS) is 12.8. The first-order chi connectivity index (χ1) is 15.4. The number of carbonyl (C=O) groups excluding carboxylic acids is 2. The Hall–Kier alpha value is -3.61. The minimum Gasteiger partial charge on any atom is -0.478 e. The molecule has 32 heavy (non-hydrogen) atoms. The Balaban J connectivity index is 1.66. The summed E-state index contributed by atoms with van der Waals surface area (Å²) >= 11 is 0. The number of alkyl carbamates (subject to hydrolysis) is 1. The summed E-state index contributed by atoms with van der Waals surface area (Å²) in [6.45, 7) is 3.82. The van der Waals surface area contributed by atoms with E-state index in [1.807, 2.05) is 36.4 Å². The van der Waals surface area contributed by atoms with E-state index in [-0.39, 0.29) is 25.0 Å². The molecule has 0 spiro atoms. The molecule has 3 rings (SSSR count). The molecule has 0 aromatic heterocycles. The van der Waals surface area contributed by atoms with Gasteiger partial charge in [0.2, 0.25) is 5.91 Å². The van der Waals surface area contributed by atoms with Crippen LogP contribution in [0, 0.1) is 0 Å². The minimum absolute atomic E-state index is 0.0548. The topological polar surface area (TPSA) is 105 Å². The maximum atomic E-state index is 12.7. The molecule has 2 aromatic rings. The van der Waals surface area contributed by atoms with Crippen LogP contribution in [0.3, 0.4) is 0 Å². The third kappa shape index (κ3) is 4.82. The molecule has 2 amide bonds. The van der Waals surface area contributed by atoms with Crippen LogP contribution in [0.4, 0.5) is 4.79 Å². The van der Waals surface area contributed by atoms with E-state index < -0.39 is 17.6 Å². The number of amides is 2. The van der Waals surface area contributed by atoms with Crippen molar-refractivity contribution in [3.63, 3.8) is 0 Å². The monoisotopic (exact) mass is 436 g/mol. The van der Waals surface area contributed by atoms with Gasteiger partial charge in [0, 0.05) is 18.5 Å². The lowest BCUT2D eigenvalue weighted by molar-refractivity contribution is -0.131. The second kappa shape index (κ2) is 10.1. The number of ether oxygens (including phenoxy) is 1. The van der Waals surface area contributed by atoms with E-state index in [9.17, 15) is 14.4 Å². The lowest BCUT2D eigenvalue weighted by Gasteiger charge is -2.31. The van der Waals surface area contributed by atoms with Crippen LogP contribution in [-0.4, -0.2) is 41.8 Å². The second-order valence-electron chi connectivity index (χ2n) is 7.69. The van der Waals surface area contributed by atoms with Crippen LogP contribution in [0.2, 0.25) is 0 Å². The van der Waals surface area contributed by atoms with Gasteiger partial charge in [-0.15, -0.1) is 0 Å². The molecule has 0 unspecified atom stereocenters. The Morgan fingerprint density at radius 1 is 1.00 bits per heavy atom. The molecular formula is C25H28N2O5. The number of fused-ring (bicyclic) bond motifs is 3. The molecule has 0 heterocycles. The quantitative estimate of drug-likeness (QED) is 0.518. The van der Waals surface area contributed by atoms with Crippen LogP contribution in [0.25, 0.3) is 11.1 Å². The van der Waals surface area contributed by atoms with Gasteiger partial charge in [-0.3, -0.25) is 4.79 Å². The van der Waals surface area contributed by atoms with Crippen LogP contribution in [0.15, 0.2) is 60.7 Å². The van der Waals surface area contributed by atoms with E-state index in [1.54, 1.807) is 13.8 Å². The summed E-state index contributed by atoms with van der Waals surface area (Å²) in [6.07, 6.45) is 2.36. The predicted octanol–water partition coefficient (Wildman–Crippen LogP) is 3.84. The Kier molecular flexibility index (Phi) is 7.30. The zero-order chi connectivity index (χ0) is 23.1. The highest BCUT2D eigenvalue weighted by Gasteiger charge is 2.37. The molecule has 7 heteroatoms. The number of rotatable bonds is 9. The van der Waals surface area contributed by atoms with Crippen LogP contribution in [0.5, 0.6) is 0 Å². The van der Waals surface area contributed by atoms with Gasteiger partial charge in [-0.1, -0.05) is 68.5 Å². The summed E-state index contributed by atoms with van der Waals surface area (Å²) in [5, 5.41) is 14.0. The smallest absolute Gasteiger partial charge is 0.408 e. The van der Waals surface area contributed by atoms with E-state index >= 15 is 0 Å². The molecule has 0 saturated carbocycles. The molecule has 1 aliphatic carbocycles. The van der Waals surface area contributed by atoms with Gasteiger partial charge in [0.05, 0.1) is 0 Å².